The Morgan fingerprint density at radius 1 is 1.18 bits per heavy atom. The number of aliphatic hydroxyl groups is 1. The Morgan fingerprint density at radius 3 is 2.52 bits per heavy atom. The van der Waals surface area contributed by atoms with Crippen molar-refractivity contribution < 1.29 is 42.5 Å². The lowest BCUT2D eigenvalue weighted by molar-refractivity contribution is -0.159. The van der Waals surface area contributed by atoms with Crippen LogP contribution in [-0.4, -0.2) is 68.2 Å². The lowest BCUT2D eigenvalue weighted by Gasteiger charge is -2.28. The number of hydrogen-bond acceptors (Lipinski definition) is 13. The molecule has 0 bridgehead atoms. The summed E-state index contributed by atoms with van der Waals surface area (Å²) in [6.07, 6.45) is -3.68. The summed E-state index contributed by atoms with van der Waals surface area (Å²) in [5.41, 5.74) is 4.44. The summed E-state index contributed by atoms with van der Waals surface area (Å²) in [5.74, 6) is -1.68. The van der Waals surface area contributed by atoms with Gasteiger partial charge in [0.05, 0.1) is 17.7 Å². The molecule has 15 nitrogen and oxygen atoms in total. The minimum absolute atomic E-state index is 0.130. The maximum atomic E-state index is 14.0. The van der Waals surface area contributed by atoms with E-state index in [0.29, 0.717) is 11.2 Å². The van der Waals surface area contributed by atoms with E-state index in [0.717, 1.165) is 0 Å². The molecule has 0 amide bonds. The number of anilines is 1. The molecular formula is C28H35N6O9P. The summed E-state index contributed by atoms with van der Waals surface area (Å²) in [6.45, 7) is 7.10. The Balaban J connectivity index is 1.68. The predicted molar refractivity (Wildman–Crippen MR) is 155 cm³/mol. The van der Waals surface area contributed by atoms with Gasteiger partial charge in [-0.25, -0.2) is 14.1 Å². The fraction of sp³-hybridized carbons (Fsp3) is 0.464. The first kappa shape index (κ1) is 32.8. The van der Waals surface area contributed by atoms with Crippen molar-refractivity contribution in [3.05, 3.63) is 54.5 Å². The second-order valence-electron chi connectivity index (χ2n) is 10.8. The predicted octanol–water partition coefficient (Wildman–Crippen LogP) is 2.71. The van der Waals surface area contributed by atoms with E-state index in [9.17, 15) is 24.5 Å². The van der Waals surface area contributed by atoms with Crippen molar-refractivity contribution in [2.75, 3.05) is 12.3 Å². The van der Waals surface area contributed by atoms with Gasteiger partial charge in [0.2, 0.25) is 5.60 Å². The zero-order chi connectivity index (χ0) is 32.2. The molecule has 0 unspecified atom stereocenters. The second kappa shape index (κ2) is 13.3. The summed E-state index contributed by atoms with van der Waals surface area (Å²) in [5, 5.41) is 28.5. The Hall–Kier alpha value is -4.06. The average molecular weight is 631 g/mol. The van der Waals surface area contributed by atoms with Crippen molar-refractivity contribution in [3.8, 4) is 11.8 Å². The number of aromatic nitrogens is 3. The van der Waals surface area contributed by atoms with Crippen LogP contribution in [0.25, 0.3) is 5.52 Å². The van der Waals surface area contributed by atoms with E-state index in [1.165, 1.54) is 29.9 Å². The van der Waals surface area contributed by atoms with Gasteiger partial charge in [-0.15, -0.1) is 0 Å². The number of aliphatic hydroxyl groups excluding tert-OH is 1. The van der Waals surface area contributed by atoms with Crippen molar-refractivity contribution in [1.29, 1.82) is 5.26 Å². The monoisotopic (exact) mass is 630 g/mol. The van der Waals surface area contributed by atoms with E-state index in [2.05, 4.69) is 15.2 Å². The van der Waals surface area contributed by atoms with E-state index in [-0.39, 0.29) is 11.6 Å². The standard InChI is InChI=1S/C28H35N6O9P/c1-16(2)26(36)41-23-22(20-11-12-21-25(30)31-15-32-34(20)21)42-28(13-29,24(23)35)14-39-44(38,43-19-9-7-6-8-10-19)33-18(5)27(37)40-17(3)4/h6-12,15-18,22-24,35H,14H2,1-5H3,(H,33,38)(H2,30,31,32)/t18-,22-,23-,24-,28+,44-/m0/s1. The maximum absolute atomic E-state index is 14.0. The number of nitrogens with one attached hydrogen (secondary N) is 1. The van der Waals surface area contributed by atoms with Crippen molar-refractivity contribution in [2.24, 2.45) is 5.92 Å². The number of fused-ring (bicyclic) bond motifs is 1. The van der Waals surface area contributed by atoms with Gasteiger partial charge >= 0.3 is 19.7 Å². The first-order valence-corrected chi connectivity index (χ1v) is 15.4. The number of esters is 2. The number of hydrogen-bond donors (Lipinski definition) is 3. The molecule has 16 heteroatoms. The van der Waals surface area contributed by atoms with Crippen LogP contribution in [0.1, 0.15) is 46.4 Å². The summed E-state index contributed by atoms with van der Waals surface area (Å²) < 4.78 is 43.7. The SMILES string of the molecule is CC(C)OC(=O)[C@H](C)N[P@](=O)(OC[C@@]1(C#N)O[C@@H](c2ccc3c(N)ncnn23)[C@H](OC(=O)C(C)C)[C@@H]1O)Oc1ccccc1. The molecule has 3 heterocycles. The van der Waals surface area contributed by atoms with Crippen LogP contribution in [0.4, 0.5) is 5.82 Å². The molecule has 4 rings (SSSR count). The van der Waals surface area contributed by atoms with Crippen LogP contribution in [0.3, 0.4) is 0 Å². The summed E-state index contributed by atoms with van der Waals surface area (Å²) in [6, 6.07) is 11.9. The fourth-order valence-corrected chi connectivity index (χ4v) is 5.89. The van der Waals surface area contributed by atoms with E-state index in [1.54, 1.807) is 58.0 Å². The third kappa shape index (κ3) is 7.01. The molecule has 2 aromatic heterocycles. The van der Waals surface area contributed by atoms with Crippen molar-refractivity contribution in [2.45, 2.75) is 70.7 Å². The molecule has 1 aliphatic heterocycles. The normalized spacial score (nSPS) is 23.7. The van der Waals surface area contributed by atoms with Gasteiger partial charge < -0.3 is 29.6 Å². The zero-order valence-electron chi connectivity index (χ0n) is 24.8. The lowest BCUT2D eigenvalue weighted by Crippen LogP contribution is -2.47. The van der Waals surface area contributed by atoms with Crippen molar-refractivity contribution in [1.82, 2.24) is 19.7 Å². The van der Waals surface area contributed by atoms with Crippen LogP contribution in [-0.2, 0) is 32.9 Å². The number of nitriles is 1. The smallest absolute Gasteiger partial charge is 0.459 e. The molecule has 236 valence electrons. The Morgan fingerprint density at radius 2 is 1.89 bits per heavy atom. The zero-order valence-corrected chi connectivity index (χ0v) is 25.7. The first-order valence-electron chi connectivity index (χ1n) is 13.8. The van der Waals surface area contributed by atoms with Crippen molar-refractivity contribution >= 4 is 31.0 Å². The molecule has 0 saturated carbocycles. The van der Waals surface area contributed by atoms with E-state index >= 15 is 0 Å². The highest BCUT2D eigenvalue weighted by molar-refractivity contribution is 7.52. The molecule has 1 aromatic carbocycles. The maximum Gasteiger partial charge on any atom is 0.459 e. The minimum atomic E-state index is -4.46. The van der Waals surface area contributed by atoms with Crippen LogP contribution >= 0.6 is 7.75 Å². The summed E-state index contributed by atoms with van der Waals surface area (Å²) in [4.78, 5) is 29.2. The molecule has 44 heavy (non-hydrogen) atoms. The molecule has 3 aromatic rings. The number of nitrogens with two attached hydrogens (primary N) is 1. The summed E-state index contributed by atoms with van der Waals surface area (Å²) in [7, 11) is -4.46. The number of ether oxygens (including phenoxy) is 3. The lowest BCUT2D eigenvalue weighted by atomic mass is 9.96. The molecule has 0 spiro atoms. The molecule has 6 atom stereocenters. The number of carbonyl (C=O) groups excluding carboxylic acids is 2. The Kier molecular flexibility index (Phi) is 9.92. The van der Waals surface area contributed by atoms with E-state index < -0.39 is 68.3 Å². The minimum Gasteiger partial charge on any atom is -0.462 e. The molecular weight excluding hydrogens is 595 g/mol. The van der Waals surface area contributed by atoms with Gasteiger partial charge in [0, 0.05) is 0 Å². The van der Waals surface area contributed by atoms with E-state index in [4.69, 9.17) is 29.0 Å². The van der Waals surface area contributed by atoms with Gasteiger partial charge in [-0.2, -0.15) is 15.4 Å². The van der Waals surface area contributed by atoms with Gasteiger partial charge in [-0.05, 0) is 45.0 Å². The molecule has 1 fully saturated rings. The topological polar surface area (TPSA) is 210 Å². The van der Waals surface area contributed by atoms with Crippen LogP contribution in [0, 0.1) is 17.2 Å². The second-order valence-corrected chi connectivity index (χ2v) is 12.4. The van der Waals surface area contributed by atoms with Gasteiger partial charge in [-0.1, -0.05) is 32.0 Å². The third-order valence-electron chi connectivity index (χ3n) is 6.61. The highest BCUT2D eigenvalue weighted by Gasteiger charge is 2.59. The van der Waals surface area contributed by atoms with Gasteiger partial charge in [0.25, 0.3) is 0 Å². The number of rotatable bonds is 12. The molecule has 4 N–H and O–H groups in total. The molecule has 0 radical (unpaired) electrons. The van der Waals surface area contributed by atoms with Crippen LogP contribution in [0.15, 0.2) is 48.8 Å². The molecule has 1 aliphatic rings. The van der Waals surface area contributed by atoms with Gasteiger partial charge in [0.1, 0.15) is 48.5 Å². The van der Waals surface area contributed by atoms with Gasteiger partial charge in [0.15, 0.2) is 11.9 Å². The number of nitrogen functional groups attached to an aromatic ring is 1. The molecule has 1 saturated heterocycles. The van der Waals surface area contributed by atoms with Crippen LogP contribution in [0.5, 0.6) is 5.75 Å². The fourth-order valence-electron chi connectivity index (χ4n) is 4.37. The number of benzene rings is 1. The highest BCUT2D eigenvalue weighted by atomic mass is 31.2. The van der Waals surface area contributed by atoms with E-state index in [1.807, 2.05) is 6.07 Å². The van der Waals surface area contributed by atoms with Crippen LogP contribution < -0.4 is 15.3 Å². The number of carbonyl (C=O) groups is 2. The average Bonchev–Trinajstić information content (AvgIpc) is 3.52. The Bertz CT molecular complexity index is 1580. The molecule has 0 aliphatic carbocycles. The number of para-hydroxylation sites is 1. The van der Waals surface area contributed by atoms with Gasteiger partial charge in [-0.3, -0.25) is 14.1 Å². The quantitative estimate of drug-likeness (QED) is 0.194. The highest BCUT2D eigenvalue weighted by Crippen LogP contribution is 2.49. The number of nitrogens with zero attached hydrogens (tertiary/aromatic N) is 4. The Labute approximate surface area is 253 Å². The van der Waals surface area contributed by atoms with Crippen LogP contribution in [0.2, 0.25) is 0 Å². The first-order chi connectivity index (χ1) is 20.8. The van der Waals surface area contributed by atoms with Crippen molar-refractivity contribution in [3.63, 3.8) is 0 Å². The third-order valence-corrected chi connectivity index (χ3v) is 8.24. The largest absolute Gasteiger partial charge is 0.462 e. The summed E-state index contributed by atoms with van der Waals surface area (Å²) >= 11 is 0.